The van der Waals surface area contributed by atoms with Gasteiger partial charge in [0.2, 0.25) is 0 Å². The summed E-state index contributed by atoms with van der Waals surface area (Å²) in [6.07, 6.45) is 1.41. The number of halogens is 2. The van der Waals surface area contributed by atoms with Crippen molar-refractivity contribution in [3.05, 3.63) is 76.8 Å². The van der Waals surface area contributed by atoms with Crippen molar-refractivity contribution < 1.29 is 14.6 Å². The molecule has 3 rings (SSSR count). The summed E-state index contributed by atoms with van der Waals surface area (Å²) in [7, 11) is 0. The van der Waals surface area contributed by atoms with Gasteiger partial charge in [-0.25, -0.2) is 0 Å². The average Bonchev–Trinajstić information content (AvgIpc) is 3.06. The molecular formula is C22H19Cl2NO3. The van der Waals surface area contributed by atoms with Crippen LogP contribution in [-0.2, 0) is 4.79 Å². The molecule has 6 heteroatoms. The minimum absolute atomic E-state index is 0.114. The van der Waals surface area contributed by atoms with Gasteiger partial charge < -0.3 is 9.84 Å². The lowest BCUT2D eigenvalue weighted by Gasteiger charge is -2.25. The third-order valence-corrected chi connectivity index (χ3v) is 6.02. The van der Waals surface area contributed by atoms with Gasteiger partial charge in [0.05, 0.1) is 12.0 Å². The SMILES string of the molecule is CC1(C)[C@](C(=O)O)(C(C#N)c2ccccc2)[C@]1(C=C(Cl)Cl)Oc1ccccc1. The molecule has 0 spiro atoms. The topological polar surface area (TPSA) is 70.3 Å². The van der Waals surface area contributed by atoms with Crippen LogP contribution in [0.5, 0.6) is 5.75 Å². The van der Waals surface area contributed by atoms with Gasteiger partial charge in [-0.2, -0.15) is 5.26 Å². The van der Waals surface area contributed by atoms with Crippen LogP contribution in [-0.4, -0.2) is 16.7 Å². The molecule has 3 atom stereocenters. The van der Waals surface area contributed by atoms with E-state index in [1.807, 2.05) is 12.1 Å². The number of rotatable bonds is 6. The quantitative estimate of drug-likeness (QED) is 0.671. The van der Waals surface area contributed by atoms with Gasteiger partial charge in [-0.1, -0.05) is 85.6 Å². The fourth-order valence-electron chi connectivity index (χ4n) is 4.45. The van der Waals surface area contributed by atoms with Crippen LogP contribution in [0.2, 0.25) is 0 Å². The van der Waals surface area contributed by atoms with Crippen LogP contribution in [0, 0.1) is 22.2 Å². The Hall–Kier alpha value is -2.48. The molecule has 0 radical (unpaired) electrons. The van der Waals surface area contributed by atoms with Gasteiger partial charge in [0.25, 0.3) is 0 Å². The fraction of sp³-hybridized carbons (Fsp3) is 0.273. The maximum atomic E-state index is 12.7. The molecule has 0 heterocycles. The Morgan fingerprint density at radius 1 is 1.11 bits per heavy atom. The van der Waals surface area contributed by atoms with E-state index in [4.69, 9.17) is 27.9 Å². The van der Waals surface area contributed by atoms with Gasteiger partial charge in [0.15, 0.2) is 5.60 Å². The molecule has 28 heavy (non-hydrogen) atoms. The Morgan fingerprint density at radius 3 is 2.11 bits per heavy atom. The predicted octanol–water partition coefficient (Wildman–Crippen LogP) is 5.54. The van der Waals surface area contributed by atoms with Crippen LogP contribution in [0.4, 0.5) is 0 Å². The first-order chi connectivity index (χ1) is 13.2. The first-order valence-electron chi connectivity index (χ1n) is 8.70. The summed E-state index contributed by atoms with van der Waals surface area (Å²) in [4.78, 5) is 12.7. The van der Waals surface area contributed by atoms with Gasteiger partial charge in [-0.05, 0) is 23.8 Å². The summed E-state index contributed by atoms with van der Waals surface area (Å²) in [5.74, 6) is -1.65. The number of ether oxygens (including phenoxy) is 1. The summed E-state index contributed by atoms with van der Waals surface area (Å²) in [6.45, 7) is 3.51. The monoisotopic (exact) mass is 415 g/mol. The lowest BCUT2D eigenvalue weighted by molar-refractivity contribution is -0.146. The molecule has 4 nitrogen and oxygen atoms in total. The third-order valence-electron chi connectivity index (χ3n) is 5.80. The van der Waals surface area contributed by atoms with Crippen LogP contribution in [0.1, 0.15) is 25.3 Å². The molecule has 1 aliphatic rings. The highest BCUT2D eigenvalue weighted by atomic mass is 35.5. The Kier molecular flexibility index (Phi) is 5.18. The number of para-hydroxylation sites is 1. The first kappa shape index (κ1) is 20.3. The highest BCUT2D eigenvalue weighted by Gasteiger charge is 2.91. The molecule has 1 unspecified atom stereocenters. The molecule has 2 aromatic carbocycles. The first-order valence-corrected chi connectivity index (χ1v) is 9.46. The Labute approximate surface area is 174 Å². The molecular weight excluding hydrogens is 397 g/mol. The van der Waals surface area contributed by atoms with E-state index in [1.165, 1.54) is 6.08 Å². The van der Waals surface area contributed by atoms with Gasteiger partial charge in [-0.15, -0.1) is 0 Å². The van der Waals surface area contributed by atoms with Crippen molar-refractivity contribution in [3.8, 4) is 11.8 Å². The van der Waals surface area contributed by atoms with E-state index in [0.29, 0.717) is 11.3 Å². The largest absolute Gasteiger partial charge is 0.481 e. The summed E-state index contributed by atoms with van der Waals surface area (Å²) in [5.41, 5.74) is -3.39. The van der Waals surface area contributed by atoms with E-state index >= 15 is 0 Å². The lowest BCUT2D eigenvalue weighted by Crippen LogP contribution is -2.36. The van der Waals surface area contributed by atoms with Crippen LogP contribution in [0.15, 0.2) is 71.2 Å². The second-order valence-electron chi connectivity index (χ2n) is 7.30. The Bertz CT molecular complexity index is 949. The van der Waals surface area contributed by atoms with E-state index in [9.17, 15) is 15.2 Å². The normalized spacial score (nSPS) is 25.8. The standard InChI is InChI=1S/C22H19Cl2NO3/c1-20(2)21(13-18(23)24,28-16-11-7-4-8-12-16)22(20,19(26)27)17(14-25)15-9-5-3-6-10-15/h3-13,17H,1-2H3,(H,26,27)/t17?,21-,22-/m1/s1. The number of nitriles is 1. The molecule has 1 saturated carbocycles. The number of hydrogen-bond acceptors (Lipinski definition) is 3. The number of carboxylic acid groups (broad SMARTS) is 1. The van der Waals surface area contributed by atoms with E-state index in [1.54, 1.807) is 62.4 Å². The van der Waals surface area contributed by atoms with Crippen LogP contribution < -0.4 is 4.74 Å². The van der Waals surface area contributed by atoms with Gasteiger partial charge in [0, 0.05) is 5.41 Å². The summed E-state index contributed by atoms with van der Waals surface area (Å²) < 4.78 is 6.13. The van der Waals surface area contributed by atoms with Crippen LogP contribution in [0.3, 0.4) is 0 Å². The van der Waals surface area contributed by atoms with Gasteiger partial charge in [0.1, 0.15) is 15.7 Å². The number of aliphatic carboxylic acids is 1. The Morgan fingerprint density at radius 2 is 1.64 bits per heavy atom. The minimum Gasteiger partial charge on any atom is -0.481 e. The highest BCUT2D eigenvalue weighted by molar-refractivity contribution is 6.56. The fourth-order valence-corrected chi connectivity index (χ4v) is 4.76. The second kappa shape index (κ2) is 7.16. The zero-order valence-corrected chi connectivity index (χ0v) is 16.9. The molecule has 1 N–H and O–H groups in total. The van der Waals surface area contributed by atoms with Crippen LogP contribution >= 0.6 is 23.2 Å². The van der Waals surface area contributed by atoms with E-state index in [-0.39, 0.29) is 4.49 Å². The lowest BCUT2D eigenvalue weighted by atomic mass is 9.78. The molecule has 0 aromatic heterocycles. The van der Waals surface area contributed by atoms with Crippen molar-refractivity contribution in [1.29, 1.82) is 5.26 Å². The number of nitrogens with zero attached hydrogens (tertiary/aromatic N) is 1. The van der Waals surface area contributed by atoms with Crippen molar-refractivity contribution in [2.45, 2.75) is 25.4 Å². The maximum absolute atomic E-state index is 12.7. The molecule has 0 aliphatic heterocycles. The molecule has 0 saturated heterocycles. The zero-order chi connectivity index (χ0) is 20.6. The van der Waals surface area contributed by atoms with E-state index in [0.717, 1.165) is 0 Å². The van der Waals surface area contributed by atoms with Gasteiger partial charge >= 0.3 is 5.97 Å². The van der Waals surface area contributed by atoms with Crippen molar-refractivity contribution >= 4 is 29.2 Å². The molecule has 1 fully saturated rings. The summed E-state index contributed by atoms with van der Waals surface area (Å²) in [5, 5.41) is 20.4. The molecule has 144 valence electrons. The molecule has 1 aliphatic carbocycles. The minimum atomic E-state index is -1.60. The zero-order valence-electron chi connectivity index (χ0n) is 15.4. The van der Waals surface area contributed by atoms with Crippen molar-refractivity contribution in [2.24, 2.45) is 10.8 Å². The Balaban J connectivity index is 2.25. The van der Waals surface area contributed by atoms with E-state index < -0.39 is 28.3 Å². The summed E-state index contributed by atoms with van der Waals surface area (Å²) >= 11 is 12.0. The average molecular weight is 416 g/mol. The molecule has 0 amide bonds. The number of carboxylic acids is 1. The second-order valence-corrected chi connectivity index (χ2v) is 8.30. The molecule has 2 aromatic rings. The predicted molar refractivity (Wildman–Crippen MR) is 108 cm³/mol. The maximum Gasteiger partial charge on any atom is 0.316 e. The smallest absolute Gasteiger partial charge is 0.316 e. The van der Waals surface area contributed by atoms with Crippen molar-refractivity contribution in [1.82, 2.24) is 0 Å². The van der Waals surface area contributed by atoms with Crippen molar-refractivity contribution in [3.63, 3.8) is 0 Å². The highest BCUT2D eigenvalue weighted by Crippen LogP contribution is 2.79. The third kappa shape index (κ3) is 2.70. The van der Waals surface area contributed by atoms with E-state index in [2.05, 4.69) is 6.07 Å². The van der Waals surface area contributed by atoms with Gasteiger partial charge in [-0.3, -0.25) is 4.79 Å². The summed E-state index contributed by atoms with van der Waals surface area (Å²) in [6, 6.07) is 19.9. The van der Waals surface area contributed by atoms with Crippen LogP contribution in [0.25, 0.3) is 0 Å². The van der Waals surface area contributed by atoms with Crippen molar-refractivity contribution in [2.75, 3.05) is 0 Å². The molecule has 0 bridgehead atoms. The number of hydrogen-bond donors (Lipinski definition) is 1. The number of benzene rings is 2. The number of carbonyl (C=O) groups is 1.